The summed E-state index contributed by atoms with van der Waals surface area (Å²) in [6.07, 6.45) is 1.53. The molecule has 0 aliphatic carbocycles. The predicted octanol–water partition coefficient (Wildman–Crippen LogP) is 5.18. The number of hydrazone groups is 1. The highest BCUT2D eigenvalue weighted by molar-refractivity contribution is 9.10. The number of aryl methyl sites for hydroxylation is 1. The van der Waals surface area contributed by atoms with E-state index in [1.54, 1.807) is 13.2 Å². The lowest BCUT2D eigenvalue weighted by atomic mass is 10.1. The maximum atomic E-state index is 12.1. The van der Waals surface area contributed by atoms with Crippen molar-refractivity contribution in [2.75, 3.05) is 13.7 Å². The molecule has 3 aromatic rings. The molecule has 0 aliphatic rings. The number of amides is 1. The van der Waals surface area contributed by atoms with Gasteiger partial charge in [0.2, 0.25) is 0 Å². The highest BCUT2D eigenvalue weighted by atomic mass is 79.9. The van der Waals surface area contributed by atoms with E-state index in [2.05, 4.69) is 26.5 Å². The van der Waals surface area contributed by atoms with Gasteiger partial charge in [0.15, 0.2) is 18.1 Å². The zero-order valence-corrected chi connectivity index (χ0v) is 19.8. The summed E-state index contributed by atoms with van der Waals surface area (Å²) in [7, 11) is 1.57. The van der Waals surface area contributed by atoms with Crippen molar-refractivity contribution >= 4 is 28.1 Å². The standard InChI is InChI=1S/C25H25BrN2O4/c1-17-8-7-11-22(18(17)2)31-16-24(29)28-27-14-20-12-21(26)25(23(13-20)30-3)32-15-19-9-5-4-6-10-19/h4-14H,15-16H2,1-3H3,(H,28,29)/b27-14+. The Balaban J connectivity index is 1.58. The zero-order valence-electron chi connectivity index (χ0n) is 18.2. The van der Waals surface area contributed by atoms with Crippen LogP contribution in [0.25, 0.3) is 0 Å². The van der Waals surface area contributed by atoms with Crippen LogP contribution in [0.1, 0.15) is 22.3 Å². The second-order valence-corrected chi connectivity index (χ2v) is 7.94. The number of ether oxygens (including phenoxy) is 3. The Hall–Kier alpha value is -3.32. The Morgan fingerprint density at radius 1 is 1.03 bits per heavy atom. The summed E-state index contributed by atoms with van der Waals surface area (Å²) < 4.78 is 17.7. The molecule has 1 N–H and O–H groups in total. The van der Waals surface area contributed by atoms with Crippen molar-refractivity contribution in [2.45, 2.75) is 20.5 Å². The molecule has 0 saturated heterocycles. The van der Waals surface area contributed by atoms with Gasteiger partial charge in [0.05, 0.1) is 17.8 Å². The third kappa shape index (κ3) is 6.34. The molecule has 3 aromatic carbocycles. The van der Waals surface area contributed by atoms with Crippen LogP contribution in [0.2, 0.25) is 0 Å². The Morgan fingerprint density at radius 2 is 1.81 bits per heavy atom. The number of halogens is 1. The van der Waals surface area contributed by atoms with E-state index in [-0.39, 0.29) is 12.5 Å². The molecule has 6 nitrogen and oxygen atoms in total. The van der Waals surface area contributed by atoms with E-state index in [1.807, 2.05) is 68.4 Å². The van der Waals surface area contributed by atoms with Gasteiger partial charge < -0.3 is 14.2 Å². The molecule has 0 heterocycles. The van der Waals surface area contributed by atoms with E-state index in [1.165, 1.54) is 6.21 Å². The molecule has 1 amide bonds. The summed E-state index contributed by atoms with van der Waals surface area (Å²) in [5.41, 5.74) is 6.38. The van der Waals surface area contributed by atoms with Gasteiger partial charge in [-0.25, -0.2) is 5.43 Å². The summed E-state index contributed by atoms with van der Waals surface area (Å²) in [6.45, 7) is 4.25. The number of carbonyl (C=O) groups excluding carboxylic acids is 1. The number of benzene rings is 3. The molecule has 32 heavy (non-hydrogen) atoms. The molecule has 0 radical (unpaired) electrons. The van der Waals surface area contributed by atoms with Crippen LogP contribution in [0.5, 0.6) is 17.2 Å². The molecular formula is C25H25BrN2O4. The normalized spacial score (nSPS) is 10.8. The number of carbonyl (C=O) groups is 1. The van der Waals surface area contributed by atoms with Crippen molar-refractivity contribution in [2.24, 2.45) is 5.10 Å². The summed E-state index contributed by atoms with van der Waals surface area (Å²) in [5.74, 6) is 1.49. The fourth-order valence-corrected chi connectivity index (χ4v) is 3.49. The van der Waals surface area contributed by atoms with Crippen LogP contribution in [-0.2, 0) is 11.4 Å². The molecule has 0 unspecified atom stereocenters. The Morgan fingerprint density at radius 3 is 2.56 bits per heavy atom. The Bertz CT molecular complexity index is 1100. The Labute approximate surface area is 196 Å². The second kappa shape index (κ2) is 11.3. The number of nitrogens with one attached hydrogen (secondary N) is 1. The van der Waals surface area contributed by atoms with Crippen LogP contribution >= 0.6 is 15.9 Å². The van der Waals surface area contributed by atoms with Crippen molar-refractivity contribution in [3.63, 3.8) is 0 Å². The molecule has 0 saturated carbocycles. The third-order valence-corrected chi connectivity index (χ3v) is 5.38. The number of nitrogens with zero attached hydrogens (tertiary/aromatic N) is 1. The third-order valence-electron chi connectivity index (χ3n) is 4.79. The minimum atomic E-state index is -0.351. The summed E-state index contributed by atoms with van der Waals surface area (Å²) >= 11 is 3.52. The van der Waals surface area contributed by atoms with Crippen molar-refractivity contribution < 1.29 is 19.0 Å². The SMILES string of the molecule is COc1cc(/C=N/NC(=O)COc2cccc(C)c2C)cc(Br)c1OCc1ccccc1. The van der Waals surface area contributed by atoms with Crippen molar-refractivity contribution in [3.05, 3.63) is 87.4 Å². The maximum absolute atomic E-state index is 12.1. The van der Waals surface area contributed by atoms with Crippen molar-refractivity contribution in [1.82, 2.24) is 5.43 Å². The van der Waals surface area contributed by atoms with Gasteiger partial charge in [-0.2, -0.15) is 5.10 Å². The summed E-state index contributed by atoms with van der Waals surface area (Å²) in [4.78, 5) is 12.1. The molecule has 0 aliphatic heterocycles. The van der Waals surface area contributed by atoms with Crippen LogP contribution in [0.4, 0.5) is 0 Å². The highest BCUT2D eigenvalue weighted by Gasteiger charge is 2.12. The minimum Gasteiger partial charge on any atom is -0.493 e. The Kier molecular flexibility index (Phi) is 8.27. The van der Waals surface area contributed by atoms with E-state index in [4.69, 9.17) is 14.2 Å². The topological polar surface area (TPSA) is 69.2 Å². The fourth-order valence-electron chi connectivity index (χ4n) is 2.92. The molecule has 3 rings (SSSR count). The van der Waals surface area contributed by atoms with E-state index >= 15 is 0 Å². The molecule has 0 bridgehead atoms. The van der Waals surface area contributed by atoms with Gasteiger partial charge in [0, 0.05) is 0 Å². The number of hydrogen-bond acceptors (Lipinski definition) is 5. The van der Waals surface area contributed by atoms with Gasteiger partial charge in [-0.1, -0.05) is 42.5 Å². The molecule has 0 atom stereocenters. The van der Waals surface area contributed by atoms with E-state index in [9.17, 15) is 4.79 Å². The first kappa shape index (κ1) is 23.3. The molecule has 0 aromatic heterocycles. The van der Waals surface area contributed by atoms with E-state index in [0.717, 1.165) is 26.7 Å². The lowest BCUT2D eigenvalue weighted by Crippen LogP contribution is -2.24. The number of methoxy groups -OCH3 is 1. The molecule has 7 heteroatoms. The monoisotopic (exact) mass is 496 g/mol. The van der Waals surface area contributed by atoms with Crippen LogP contribution in [0.3, 0.4) is 0 Å². The minimum absolute atomic E-state index is 0.124. The van der Waals surface area contributed by atoms with Crippen molar-refractivity contribution in [3.8, 4) is 17.2 Å². The largest absolute Gasteiger partial charge is 0.493 e. The van der Waals surface area contributed by atoms with E-state index < -0.39 is 0 Å². The van der Waals surface area contributed by atoms with Gasteiger partial charge in [-0.05, 0) is 70.2 Å². The first-order valence-electron chi connectivity index (χ1n) is 10.0. The van der Waals surface area contributed by atoms with Crippen molar-refractivity contribution in [1.29, 1.82) is 0 Å². The smallest absolute Gasteiger partial charge is 0.277 e. The van der Waals surface area contributed by atoms with Crippen LogP contribution < -0.4 is 19.6 Å². The molecular weight excluding hydrogens is 472 g/mol. The fraction of sp³-hybridized carbons (Fsp3) is 0.200. The summed E-state index contributed by atoms with van der Waals surface area (Å²) in [6, 6.07) is 19.2. The van der Waals surface area contributed by atoms with Crippen LogP contribution in [0.15, 0.2) is 70.2 Å². The van der Waals surface area contributed by atoms with Crippen LogP contribution in [0, 0.1) is 13.8 Å². The van der Waals surface area contributed by atoms with Crippen LogP contribution in [-0.4, -0.2) is 25.8 Å². The average Bonchev–Trinajstić information content (AvgIpc) is 2.79. The quantitative estimate of drug-likeness (QED) is 0.327. The average molecular weight is 497 g/mol. The van der Waals surface area contributed by atoms with E-state index in [0.29, 0.717) is 23.9 Å². The molecule has 0 spiro atoms. The lowest BCUT2D eigenvalue weighted by Gasteiger charge is -2.13. The predicted molar refractivity (Wildman–Crippen MR) is 129 cm³/mol. The maximum Gasteiger partial charge on any atom is 0.277 e. The highest BCUT2D eigenvalue weighted by Crippen LogP contribution is 2.36. The lowest BCUT2D eigenvalue weighted by molar-refractivity contribution is -0.123. The van der Waals surface area contributed by atoms with Gasteiger partial charge in [0.25, 0.3) is 5.91 Å². The van der Waals surface area contributed by atoms with Gasteiger partial charge in [0.1, 0.15) is 12.4 Å². The van der Waals surface area contributed by atoms with Gasteiger partial charge >= 0.3 is 0 Å². The van der Waals surface area contributed by atoms with Gasteiger partial charge in [-0.3, -0.25) is 4.79 Å². The first-order chi connectivity index (χ1) is 15.5. The second-order valence-electron chi connectivity index (χ2n) is 7.09. The molecule has 0 fully saturated rings. The van der Waals surface area contributed by atoms with Gasteiger partial charge in [-0.15, -0.1) is 0 Å². The number of hydrogen-bond donors (Lipinski definition) is 1. The zero-order chi connectivity index (χ0) is 22.9. The summed E-state index contributed by atoms with van der Waals surface area (Å²) in [5, 5.41) is 4.01. The molecule has 166 valence electrons. The number of rotatable bonds is 9. The first-order valence-corrected chi connectivity index (χ1v) is 10.8.